The van der Waals surface area contributed by atoms with E-state index in [1.54, 1.807) is 24.4 Å². The number of nitrogens with one attached hydrogen (secondary N) is 1. The highest BCUT2D eigenvalue weighted by molar-refractivity contribution is 9.11. The highest BCUT2D eigenvalue weighted by Gasteiger charge is 2.10. The van der Waals surface area contributed by atoms with E-state index in [0.717, 1.165) is 31.6 Å². The number of hydrazone groups is 1. The predicted molar refractivity (Wildman–Crippen MR) is 118 cm³/mol. The van der Waals surface area contributed by atoms with Gasteiger partial charge in [0.2, 0.25) is 0 Å². The standard InChI is InChI=1S/C21H18Br2FN3O2/c1-13-9-15(14(2)27(13)18-6-4-17(24)5-7-18)11-25-26-21(28)12-29-20-8-3-16(22)10-19(20)23/h3-11H,12H2,1-2H3,(H,26,28)/b25-11+. The number of nitrogens with zero attached hydrogens (tertiary/aromatic N) is 2. The van der Waals surface area contributed by atoms with Crippen LogP contribution in [0, 0.1) is 19.7 Å². The Bertz CT molecular complexity index is 1060. The monoisotopic (exact) mass is 521 g/mol. The normalized spacial score (nSPS) is 11.1. The van der Waals surface area contributed by atoms with Crippen LogP contribution in [0.3, 0.4) is 0 Å². The summed E-state index contributed by atoms with van der Waals surface area (Å²) in [4.78, 5) is 12.0. The Kier molecular flexibility index (Phi) is 6.87. The SMILES string of the molecule is Cc1cc(/C=N/NC(=O)COc2ccc(Br)cc2Br)c(C)n1-c1ccc(F)cc1. The first-order valence-electron chi connectivity index (χ1n) is 8.70. The minimum atomic E-state index is -0.372. The molecule has 1 amide bonds. The van der Waals surface area contributed by atoms with Crippen molar-refractivity contribution >= 4 is 44.0 Å². The van der Waals surface area contributed by atoms with E-state index in [-0.39, 0.29) is 18.3 Å². The Labute approximate surface area is 184 Å². The number of carbonyl (C=O) groups excluding carboxylic acids is 1. The molecule has 0 atom stereocenters. The van der Waals surface area contributed by atoms with Crippen LogP contribution in [-0.2, 0) is 4.79 Å². The molecule has 1 N–H and O–H groups in total. The van der Waals surface area contributed by atoms with Gasteiger partial charge in [-0.25, -0.2) is 9.82 Å². The molecule has 0 fully saturated rings. The molecule has 3 rings (SSSR count). The van der Waals surface area contributed by atoms with E-state index < -0.39 is 0 Å². The molecule has 2 aromatic carbocycles. The van der Waals surface area contributed by atoms with Crippen LogP contribution in [0.5, 0.6) is 5.75 Å². The first kappa shape index (κ1) is 21.3. The molecule has 0 aliphatic rings. The third kappa shape index (κ3) is 5.33. The Morgan fingerprint density at radius 3 is 2.59 bits per heavy atom. The summed E-state index contributed by atoms with van der Waals surface area (Å²) in [6, 6.07) is 13.7. The highest BCUT2D eigenvalue weighted by atomic mass is 79.9. The van der Waals surface area contributed by atoms with Gasteiger partial charge in [-0.3, -0.25) is 4.79 Å². The summed E-state index contributed by atoms with van der Waals surface area (Å²) < 4.78 is 22.3. The predicted octanol–water partition coefficient (Wildman–Crippen LogP) is 5.29. The fraction of sp³-hybridized carbons (Fsp3) is 0.143. The summed E-state index contributed by atoms with van der Waals surface area (Å²) in [6.45, 7) is 3.73. The van der Waals surface area contributed by atoms with Gasteiger partial charge in [0, 0.05) is 27.1 Å². The van der Waals surface area contributed by atoms with Crippen LogP contribution in [0.1, 0.15) is 17.0 Å². The van der Waals surface area contributed by atoms with E-state index in [9.17, 15) is 9.18 Å². The third-order valence-corrected chi connectivity index (χ3v) is 5.31. The van der Waals surface area contributed by atoms with Crippen LogP contribution in [0.15, 0.2) is 62.6 Å². The van der Waals surface area contributed by atoms with Gasteiger partial charge in [0.25, 0.3) is 5.91 Å². The number of aryl methyl sites for hydroxylation is 1. The number of hydrogen-bond donors (Lipinski definition) is 1. The van der Waals surface area contributed by atoms with Gasteiger partial charge in [-0.1, -0.05) is 15.9 Å². The number of amides is 1. The molecule has 29 heavy (non-hydrogen) atoms. The van der Waals surface area contributed by atoms with E-state index in [1.807, 2.05) is 36.6 Å². The van der Waals surface area contributed by atoms with Crippen molar-refractivity contribution in [1.29, 1.82) is 0 Å². The molecule has 1 aromatic heterocycles. The van der Waals surface area contributed by atoms with Gasteiger partial charge in [-0.2, -0.15) is 5.10 Å². The number of halogens is 3. The zero-order valence-electron chi connectivity index (χ0n) is 15.7. The van der Waals surface area contributed by atoms with Crippen LogP contribution in [-0.4, -0.2) is 23.3 Å². The number of benzene rings is 2. The average molecular weight is 523 g/mol. The summed E-state index contributed by atoms with van der Waals surface area (Å²) in [6.07, 6.45) is 1.58. The lowest BCUT2D eigenvalue weighted by molar-refractivity contribution is -0.123. The molecule has 0 saturated carbocycles. The van der Waals surface area contributed by atoms with Crippen LogP contribution in [0.2, 0.25) is 0 Å². The minimum Gasteiger partial charge on any atom is -0.483 e. The van der Waals surface area contributed by atoms with Crippen molar-refractivity contribution in [3.8, 4) is 11.4 Å². The molecule has 150 valence electrons. The molecule has 8 heteroatoms. The van der Waals surface area contributed by atoms with E-state index in [0.29, 0.717) is 5.75 Å². The van der Waals surface area contributed by atoms with Crippen molar-refractivity contribution in [3.05, 3.63) is 80.2 Å². The summed E-state index contributed by atoms with van der Waals surface area (Å²) in [5.41, 5.74) is 6.08. The molecule has 0 saturated heterocycles. The van der Waals surface area contributed by atoms with Crippen LogP contribution in [0.4, 0.5) is 4.39 Å². The van der Waals surface area contributed by atoms with Gasteiger partial charge < -0.3 is 9.30 Å². The third-order valence-electron chi connectivity index (χ3n) is 4.20. The largest absolute Gasteiger partial charge is 0.483 e. The van der Waals surface area contributed by atoms with Crippen molar-refractivity contribution in [2.45, 2.75) is 13.8 Å². The summed E-state index contributed by atoms with van der Waals surface area (Å²) in [5, 5.41) is 4.02. The number of ether oxygens (including phenoxy) is 1. The molecule has 3 aromatic rings. The van der Waals surface area contributed by atoms with Gasteiger partial charge in [0.05, 0.1) is 10.7 Å². The van der Waals surface area contributed by atoms with Crippen molar-refractivity contribution in [2.24, 2.45) is 5.10 Å². The molecule has 0 spiro atoms. The zero-order valence-corrected chi connectivity index (χ0v) is 18.9. The second kappa shape index (κ2) is 9.37. The maximum Gasteiger partial charge on any atom is 0.277 e. The quantitative estimate of drug-likeness (QED) is 0.353. The van der Waals surface area contributed by atoms with Crippen LogP contribution >= 0.6 is 31.9 Å². The Morgan fingerprint density at radius 1 is 1.17 bits per heavy atom. The van der Waals surface area contributed by atoms with E-state index in [2.05, 4.69) is 42.4 Å². The summed E-state index contributed by atoms with van der Waals surface area (Å²) in [7, 11) is 0. The van der Waals surface area contributed by atoms with Crippen molar-refractivity contribution in [1.82, 2.24) is 9.99 Å². The number of aromatic nitrogens is 1. The molecule has 0 radical (unpaired) electrons. The Hall–Kier alpha value is -2.45. The first-order chi connectivity index (χ1) is 13.8. The first-order valence-corrected chi connectivity index (χ1v) is 10.3. The second-order valence-electron chi connectivity index (χ2n) is 6.29. The van der Waals surface area contributed by atoms with Gasteiger partial charge in [0.1, 0.15) is 11.6 Å². The lowest BCUT2D eigenvalue weighted by Crippen LogP contribution is -2.24. The maximum atomic E-state index is 13.2. The Morgan fingerprint density at radius 2 is 1.90 bits per heavy atom. The minimum absolute atomic E-state index is 0.161. The summed E-state index contributed by atoms with van der Waals surface area (Å²) in [5.74, 6) is -0.0864. The lowest BCUT2D eigenvalue weighted by atomic mass is 10.2. The Balaban J connectivity index is 1.62. The maximum absolute atomic E-state index is 13.2. The lowest BCUT2D eigenvalue weighted by Gasteiger charge is -2.09. The molecule has 0 aliphatic carbocycles. The number of hydrogen-bond acceptors (Lipinski definition) is 3. The van der Waals surface area contributed by atoms with Gasteiger partial charge in [-0.15, -0.1) is 0 Å². The molecular formula is C21H18Br2FN3O2. The molecule has 5 nitrogen and oxygen atoms in total. The van der Waals surface area contributed by atoms with E-state index >= 15 is 0 Å². The van der Waals surface area contributed by atoms with Gasteiger partial charge >= 0.3 is 0 Å². The average Bonchev–Trinajstić information content (AvgIpc) is 2.95. The van der Waals surface area contributed by atoms with Crippen molar-refractivity contribution in [2.75, 3.05) is 6.61 Å². The van der Waals surface area contributed by atoms with Crippen molar-refractivity contribution in [3.63, 3.8) is 0 Å². The molecule has 0 bridgehead atoms. The van der Waals surface area contributed by atoms with E-state index in [4.69, 9.17) is 4.74 Å². The van der Waals surface area contributed by atoms with Crippen LogP contribution < -0.4 is 10.2 Å². The fourth-order valence-electron chi connectivity index (χ4n) is 2.85. The smallest absolute Gasteiger partial charge is 0.277 e. The summed E-state index contributed by atoms with van der Waals surface area (Å²) >= 11 is 6.74. The second-order valence-corrected chi connectivity index (χ2v) is 8.06. The van der Waals surface area contributed by atoms with Crippen molar-refractivity contribution < 1.29 is 13.9 Å². The van der Waals surface area contributed by atoms with Gasteiger partial charge in [-0.05, 0) is 78.3 Å². The number of carbonyl (C=O) groups is 1. The molecule has 0 aliphatic heterocycles. The number of rotatable bonds is 6. The molecule has 0 unspecified atom stereocenters. The molecule has 1 heterocycles. The van der Waals surface area contributed by atoms with Crippen LogP contribution in [0.25, 0.3) is 5.69 Å². The highest BCUT2D eigenvalue weighted by Crippen LogP contribution is 2.28. The van der Waals surface area contributed by atoms with Gasteiger partial charge in [0.15, 0.2) is 6.61 Å². The zero-order chi connectivity index (χ0) is 21.0. The fourth-order valence-corrected chi connectivity index (χ4v) is 4.01. The van der Waals surface area contributed by atoms with E-state index in [1.165, 1.54) is 12.1 Å². The molecular weight excluding hydrogens is 505 g/mol. The topological polar surface area (TPSA) is 55.6 Å².